The molecule has 1 heterocycles. The zero-order valence-corrected chi connectivity index (χ0v) is 8.02. The van der Waals surface area contributed by atoms with E-state index in [0.717, 1.165) is 5.56 Å². The Balaban J connectivity index is 0. The number of aliphatic hydroxyl groups is 1. The summed E-state index contributed by atoms with van der Waals surface area (Å²) in [5, 5.41) is 9.18. The highest BCUT2D eigenvalue weighted by molar-refractivity contribution is 5.85. The van der Waals surface area contributed by atoms with Gasteiger partial charge in [-0.05, 0) is 17.7 Å². The fourth-order valence-corrected chi connectivity index (χ4v) is 0.722. The molecule has 0 fully saturated rings. The van der Waals surface area contributed by atoms with E-state index in [-0.39, 0.29) is 31.4 Å². The summed E-state index contributed by atoms with van der Waals surface area (Å²) < 4.78 is 0. The molecule has 1 atom stereocenters. The molecule has 0 saturated carbocycles. The molecular weight excluding hydrogens is 199 g/mol. The lowest BCUT2D eigenvalue weighted by Crippen LogP contribution is -2.11. The Hall–Kier alpha value is -0.350. The Morgan fingerprint density at radius 1 is 1.33 bits per heavy atom. The van der Waals surface area contributed by atoms with E-state index in [9.17, 15) is 5.11 Å². The van der Waals surface area contributed by atoms with Gasteiger partial charge in [-0.25, -0.2) is 0 Å². The Labute approximate surface area is 83.8 Å². The third-order valence-electron chi connectivity index (χ3n) is 1.31. The molecule has 0 amide bonds. The molecule has 1 unspecified atom stereocenters. The molecule has 1 rings (SSSR count). The minimum absolute atomic E-state index is 0. The van der Waals surface area contributed by atoms with Crippen molar-refractivity contribution in [3.05, 3.63) is 30.1 Å². The van der Waals surface area contributed by atoms with Gasteiger partial charge in [-0.15, -0.1) is 24.8 Å². The minimum Gasteiger partial charge on any atom is -0.387 e. The van der Waals surface area contributed by atoms with E-state index in [2.05, 4.69) is 4.98 Å². The second kappa shape index (κ2) is 7.31. The zero-order chi connectivity index (χ0) is 7.40. The maximum atomic E-state index is 9.18. The smallest absolute Gasteiger partial charge is 0.0913 e. The average molecular weight is 211 g/mol. The van der Waals surface area contributed by atoms with Crippen LogP contribution < -0.4 is 5.73 Å². The van der Waals surface area contributed by atoms with Crippen LogP contribution in [0.2, 0.25) is 0 Å². The summed E-state index contributed by atoms with van der Waals surface area (Å²) in [5.74, 6) is 0. The third-order valence-corrected chi connectivity index (χ3v) is 1.31. The summed E-state index contributed by atoms with van der Waals surface area (Å²) in [6.07, 6.45) is 2.71. The molecule has 0 saturated heterocycles. The van der Waals surface area contributed by atoms with E-state index in [4.69, 9.17) is 5.73 Å². The molecule has 5 heteroatoms. The number of aromatic nitrogens is 1. The molecule has 1 aromatic heterocycles. The van der Waals surface area contributed by atoms with Crippen LogP contribution in [0.1, 0.15) is 11.7 Å². The standard InChI is InChI=1S/C7H10N2O.2ClH/c8-5-7(10)6-1-3-9-4-2-6;;/h1-4,7,10H,5,8H2;2*1H. The Bertz CT molecular complexity index is 196. The van der Waals surface area contributed by atoms with Crippen molar-refractivity contribution in [1.29, 1.82) is 0 Å². The number of hydrogen-bond donors (Lipinski definition) is 2. The molecule has 0 aliphatic rings. The largest absolute Gasteiger partial charge is 0.387 e. The van der Waals surface area contributed by atoms with Gasteiger partial charge >= 0.3 is 0 Å². The van der Waals surface area contributed by atoms with Gasteiger partial charge in [-0.1, -0.05) is 0 Å². The number of pyridine rings is 1. The number of hydrogen-bond acceptors (Lipinski definition) is 3. The van der Waals surface area contributed by atoms with Gasteiger partial charge in [0, 0.05) is 18.9 Å². The highest BCUT2D eigenvalue weighted by Crippen LogP contribution is 2.07. The summed E-state index contributed by atoms with van der Waals surface area (Å²) >= 11 is 0. The van der Waals surface area contributed by atoms with Gasteiger partial charge in [-0.2, -0.15) is 0 Å². The van der Waals surface area contributed by atoms with E-state index in [0.29, 0.717) is 0 Å². The van der Waals surface area contributed by atoms with Crippen molar-refractivity contribution in [3.8, 4) is 0 Å². The molecule has 0 aromatic carbocycles. The van der Waals surface area contributed by atoms with Crippen LogP contribution in [0.25, 0.3) is 0 Å². The summed E-state index contributed by atoms with van der Waals surface area (Å²) in [4.78, 5) is 3.81. The lowest BCUT2D eigenvalue weighted by atomic mass is 10.1. The lowest BCUT2D eigenvalue weighted by molar-refractivity contribution is 0.186. The predicted molar refractivity (Wildman–Crippen MR) is 52.7 cm³/mol. The summed E-state index contributed by atoms with van der Waals surface area (Å²) in [6, 6.07) is 3.50. The third kappa shape index (κ3) is 3.88. The van der Waals surface area contributed by atoms with Crippen LogP contribution in [-0.4, -0.2) is 16.6 Å². The van der Waals surface area contributed by atoms with Crippen LogP contribution in [0.3, 0.4) is 0 Å². The van der Waals surface area contributed by atoms with Crippen LogP contribution in [0.4, 0.5) is 0 Å². The van der Waals surface area contributed by atoms with Crippen LogP contribution in [0.5, 0.6) is 0 Å². The summed E-state index contributed by atoms with van der Waals surface area (Å²) in [5.41, 5.74) is 6.05. The fraction of sp³-hybridized carbons (Fsp3) is 0.286. The Morgan fingerprint density at radius 3 is 2.25 bits per heavy atom. The molecule has 0 aliphatic carbocycles. The second-order valence-electron chi connectivity index (χ2n) is 2.03. The van der Waals surface area contributed by atoms with Crippen molar-refractivity contribution in [2.75, 3.05) is 6.54 Å². The monoisotopic (exact) mass is 210 g/mol. The first-order valence-electron chi connectivity index (χ1n) is 3.12. The second-order valence-corrected chi connectivity index (χ2v) is 2.03. The van der Waals surface area contributed by atoms with Gasteiger partial charge in [0.05, 0.1) is 6.10 Å². The van der Waals surface area contributed by atoms with Crippen molar-refractivity contribution in [2.45, 2.75) is 6.10 Å². The average Bonchev–Trinajstić information content (AvgIpc) is 2.05. The van der Waals surface area contributed by atoms with Crippen molar-refractivity contribution < 1.29 is 5.11 Å². The highest BCUT2D eigenvalue weighted by atomic mass is 35.5. The minimum atomic E-state index is -0.553. The predicted octanol–water partition coefficient (Wildman–Crippen LogP) is 0.917. The molecule has 70 valence electrons. The van der Waals surface area contributed by atoms with Crippen molar-refractivity contribution in [1.82, 2.24) is 4.98 Å². The number of nitrogens with two attached hydrogens (primary N) is 1. The normalized spacial score (nSPS) is 10.8. The van der Waals surface area contributed by atoms with E-state index >= 15 is 0 Å². The van der Waals surface area contributed by atoms with E-state index in [1.54, 1.807) is 24.5 Å². The molecule has 1 aromatic rings. The molecule has 0 bridgehead atoms. The van der Waals surface area contributed by atoms with Crippen molar-refractivity contribution in [2.24, 2.45) is 5.73 Å². The summed E-state index contributed by atoms with van der Waals surface area (Å²) in [6.45, 7) is 0.254. The number of halogens is 2. The first kappa shape index (κ1) is 14.2. The molecular formula is C7H12Cl2N2O. The van der Waals surface area contributed by atoms with Gasteiger partial charge in [0.15, 0.2) is 0 Å². The quantitative estimate of drug-likeness (QED) is 0.764. The first-order chi connectivity index (χ1) is 4.84. The van der Waals surface area contributed by atoms with Crippen LogP contribution in [0, 0.1) is 0 Å². The van der Waals surface area contributed by atoms with E-state index < -0.39 is 6.10 Å². The van der Waals surface area contributed by atoms with Gasteiger partial charge < -0.3 is 10.8 Å². The Kier molecular flexibility index (Phi) is 8.64. The number of aliphatic hydroxyl groups excluding tert-OH is 1. The SMILES string of the molecule is Cl.Cl.NCC(O)c1ccncc1. The fourth-order valence-electron chi connectivity index (χ4n) is 0.722. The maximum absolute atomic E-state index is 9.18. The molecule has 12 heavy (non-hydrogen) atoms. The maximum Gasteiger partial charge on any atom is 0.0913 e. The first-order valence-corrected chi connectivity index (χ1v) is 3.12. The highest BCUT2D eigenvalue weighted by Gasteiger charge is 2.01. The van der Waals surface area contributed by atoms with Crippen LogP contribution in [0.15, 0.2) is 24.5 Å². The van der Waals surface area contributed by atoms with Crippen molar-refractivity contribution in [3.63, 3.8) is 0 Å². The van der Waals surface area contributed by atoms with E-state index in [1.807, 2.05) is 0 Å². The molecule has 0 spiro atoms. The van der Waals surface area contributed by atoms with Crippen LogP contribution >= 0.6 is 24.8 Å². The Morgan fingerprint density at radius 2 is 1.83 bits per heavy atom. The summed E-state index contributed by atoms with van der Waals surface area (Å²) in [7, 11) is 0. The molecule has 3 nitrogen and oxygen atoms in total. The van der Waals surface area contributed by atoms with Crippen molar-refractivity contribution >= 4 is 24.8 Å². The molecule has 0 aliphatic heterocycles. The van der Waals surface area contributed by atoms with Gasteiger partial charge in [0.25, 0.3) is 0 Å². The van der Waals surface area contributed by atoms with Crippen LogP contribution in [-0.2, 0) is 0 Å². The van der Waals surface area contributed by atoms with Gasteiger partial charge in [-0.3, -0.25) is 4.98 Å². The number of rotatable bonds is 2. The topological polar surface area (TPSA) is 59.1 Å². The molecule has 0 radical (unpaired) electrons. The zero-order valence-electron chi connectivity index (χ0n) is 6.38. The van der Waals surface area contributed by atoms with Gasteiger partial charge in [0.1, 0.15) is 0 Å². The van der Waals surface area contributed by atoms with Gasteiger partial charge in [0.2, 0.25) is 0 Å². The van der Waals surface area contributed by atoms with E-state index in [1.165, 1.54) is 0 Å². The number of nitrogens with zero attached hydrogens (tertiary/aromatic N) is 1. The lowest BCUT2D eigenvalue weighted by Gasteiger charge is -2.05. The molecule has 3 N–H and O–H groups in total.